The Hall–Kier alpha value is -1.27. The van der Waals surface area contributed by atoms with Gasteiger partial charge in [-0.3, -0.25) is 9.52 Å². The molecule has 100 valence electrons. The Morgan fingerprint density at radius 3 is 2.67 bits per heavy atom. The average Bonchev–Trinajstić information content (AvgIpc) is 2.25. The standard InChI is InChI=1S/C11H14ClNO4S/c1-17-10-7-8(3-5-9(10)12)4-6-11(14)13-18(2,15)16/h3,5,7H,4,6H2,1-2H3,(H,13,14). The Balaban J connectivity index is 2.61. The lowest BCUT2D eigenvalue weighted by Crippen LogP contribution is -2.29. The number of ether oxygens (including phenoxy) is 1. The Bertz CT molecular complexity index is 542. The van der Waals surface area contributed by atoms with E-state index in [1.165, 1.54) is 7.11 Å². The third-order valence-electron chi connectivity index (χ3n) is 2.16. The monoisotopic (exact) mass is 291 g/mol. The summed E-state index contributed by atoms with van der Waals surface area (Å²) < 4.78 is 28.6. The molecule has 0 unspecified atom stereocenters. The maximum atomic E-state index is 11.3. The lowest BCUT2D eigenvalue weighted by Gasteiger charge is -2.06. The number of benzene rings is 1. The molecule has 0 aliphatic carbocycles. The maximum absolute atomic E-state index is 11.3. The molecular formula is C11H14ClNO4S. The van der Waals surface area contributed by atoms with Crippen LogP contribution in [-0.4, -0.2) is 27.7 Å². The molecule has 0 aliphatic rings. The summed E-state index contributed by atoms with van der Waals surface area (Å²) in [5.74, 6) is -0.0101. The molecule has 1 amide bonds. The highest BCUT2D eigenvalue weighted by atomic mass is 35.5. The predicted octanol–water partition coefficient (Wildman–Crippen LogP) is 1.36. The number of halogens is 1. The van der Waals surface area contributed by atoms with Crippen molar-refractivity contribution in [2.75, 3.05) is 13.4 Å². The fraction of sp³-hybridized carbons (Fsp3) is 0.364. The van der Waals surface area contributed by atoms with E-state index >= 15 is 0 Å². The Labute approximate surface area is 111 Å². The van der Waals surface area contributed by atoms with Gasteiger partial charge in [0.1, 0.15) is 5.75 Å². The van der Waals surface area contributed by atoms with E-state index in [0.29, 0.717) is 17.2 Å². The number of amides is 1. The van der Waals surface area contributed by atoms with Gasteiger partial charge in [0.15, 0.2) is 0 Å². The maximum Gasteiger partial charge on any atom is 0.233 e. The number of hydrogen-bond acceptors (Lipinski definition) is 4. The van der Waals surface area contributed by atoms with Crippen molar-refractivity contribution in [2.24, 2.45) is 0 Å². The van der Waals surface area contributed by atoms with Crippen LogP contribution in [0.15, 0.2) is 18.2 Å². The average molecular weight is 292 g/mol. The normalized spacial score (nSPS) is 11.1. The van der Waals surface area contributed by atoms with Crippen molar-refractivity contribution in [2.45, 2.75) is 12.8 Å². The molecule has 0 saturated carbocycles. The van der Waals surface area contributed by atoms with E-state index in [0.717, 1.165) is 11.8 Å². The zero-order valence-electron chi connectivity index (χ0n) is 10.1. The third-order valence-corrected chi connectivity index (χ3v) is 3.07. The largest absolute Gasteiger partial charge is 0.495 e. The number of nitrogens with one attached hydrogen (secondary N) is 1. The Kier molecular flexibility index (Phi) is 4.98. The highest BCUT2D eigenvalue weighted by Crippen LogP contribution is 2.25. The summed E-state index contributed by atoms with van der Waals surface area (Å²) in [6.07, 6.45) is 1.43. The SMILES string of the molecule is COc1cc(CCC(=O)NS(C)(=O)=O)ccc1Cl. The molecule has 7 heteroatoms. The van der Waals surface area contributed by atoms with Gasteiger partial charge in [-0.2, -0.15) is 0 Å². The molecule has 1 aromatic carbocycles. The van der Waals surface area contributed by atoms with E-state index in [1.54, 1.807) is 18.2 Å². The molecule has 1 aromatic rings. The molecule has 1 rings (SSSR count). The van der Waals surface area contributed by atoms with Gasteiger partial charge in [-0.25, -0.2) is 8.42 Å². The quantitative estimate of drug-likeness (QED) is 0.889. The lowest BCUT2D eigenvalue weighted by atomic mass is 10.1. The topological polar surface area (TPSA) is 72.5 Å². The first-order valence-corrected chi connectivity index (χ1v) is 7.42. The van der Waals surface area contributed by atoms with Crippen LogP contribution in [0.25, 0.3) is 0 Å². The summed E-state index contributed by atoms with van der Waals surface area (Å²) in [7, 11) is -1.99. The first-order valence-electron chi connectivity index (χ1n) is 5.15. The highest BCUT2D eigenvalue weighted by molar-refractivity contribution is 7.89. The molecule has 0 bridgehead atoms. The minimum atomic E-state index is -3.49. The summed E-state index contributed by atoms with van der Waals surface area (Å²) in [6, 6.07) is 5.15. The number of sulfonamides is 1. The van der Waals surface area contributed by atoms with Gasteiger partial charge in [0, 0.05) is 6.42 Å². The van der Waals surface area contributed by atoms with Gasteiger partial charge in [0.2, 0.25) is 15.9 Å². The summed E-state index contributed by atoms with van der Waals surface area (Å²) in [4.78, 5) is 11.3. The summed E-state index contributed by atoms with van der Waals surface area (Å²) >= 11 is 5.86. The number of hydrogen-bond donors (Lipinski definition) is 1. The van der Waals surface area contributed by atoms with Crippen molar-refractivity contribution >= 4 is 27.5 Å². The van der Waals surface area contributed by atoms with Crippen molar-refractivity contribution in [3.63, 3.8) is 0 Å². The van der Waals surface area contributed by atoms with Gasteiger partial charge in [-0.15, -0.1) is 0 Å². The van der Waals surface area contributed by atoms with Crippen LogP contribution in [0.4, 0.5) is 0 Å². The van der Waals surface area contributed by atoms with Crippen molar-refractivity contribution in [1.29, 1.82) is 0 Å². The van der Waals surface area contributed by atoms with Crippen LogP contribution in [0.2, 0.25) is 5.02 Å². The zero-order chi connectivity index (χ0) is 13.8. The predicted molar refractivity (Wildman–Crippen MR) is 69.3 cm³/mol. The van der Waals surface area contributed by atoms with E-state index in [1.807, 2.05) is 4.72 Å². The molecule has 0 aliphatic heterocycles. The second-order valence-electron chi connectivity index (χ2n) is 3.77. The van der Waals surface area contributed by atoms with Crippen molar-refractivity contribution in [3.8, 4) is 5.75 Å². The van der Waals surface area contributed by atoms with Crippen LogP contribution < -0.4 is 9.46 Å². The fourth-order valence-electron chi connectivity index (χ4n) is 1.38. The number of carbonyl (C=O) groups excluding carboxylic acids is 1. The van der Waals surface area contributed by atoms with Gasteiger partial charge >= 0.3 is 0 Å². The Morgan fingerprint density at radius 1 is 1.44 bits per heavy atom. The lowest BCUT2D eigenvalue weighted by molar-refractivity contribution is -0.119. The van der Waals surface area contributed by atoms with E-state index in [2.05, 4.69) is 0 Å². The molecule has 18 heavy (non-hydrogen) atoms. The van der Waals surface area contributed by atoms with E-state index in [4.69, 9.17) is 16.3 Å². The molecule has 0 atom stereocenters. The molecule has 0 heterocycles. The number of aryl methyl sites for hydroxylation is 1. The minimum Gasteiger partial charge on any atom is -0.495 e. The molecule has 0 aromatic heterocycles. The first-order chi connectivity index (χ1) is 8.31. The molecule has 0 fully saturated rings. The van der Waals surface area contributed by atoms with Crippen LogP contribution in [0, 0.1) is 0 Å². The highest BCUT2D eigenvalue weighted by Gasteiger charge is 2.09. The van der Waals surface area contributed by atoms with Crippen LogP contribution in [0.5, 0.6) is 5.75 Å². The minimum absolute atomic E-state index is 0.0812. The third kappa shape index (κ3) is 4.93. The second-order valence-corrected chi connectivity index (χ2v) is 5.92. The number of rotatable bonds is 5. The van der Waals surface area contributed by atoms with E-state index in [9.17, 15) is 13.2 Å². The molecule has 5 nitrogen and oxygen atoms in total. The number of methoxy groups -OCH3 is 1. The van der Waals surface area contributed by atoms with Crippen LogP contribution in [0.1, 0.15) is 12.0 Å². The van der Waals surface area contributed by atoms with Crippen molar-refractivity contribution in [3.05, 3.63) is 28.8 Å². The van der Waals surface area contributed by atoms with E-state index in [-0.39, 0.29) is 6.42 Å². The van der Waals surface area contributed by atoms with Gasteiger partial charge < -0.3 is 4.74 Å². The van der Waals surface area contributed by atoms with Gasteiger partial charge in [0.05, 0.1) is 18.4 Å². The molecule has 1 N–H and O–H groups in total. The Morgan fingerprint density at radius 2 is 2.11 bits per heavy atom. The molecular weight excluding hydrogens is 278 g/mol. The molecule has 0 saturated heterocycles. The van der Waals surface area contributed by atoms with Gasteiger partial charge in [0.25, 0.3) is 0 Å². The van der Waals surface area contributed by atoms with E-state index < -0.39 is 15.9 Å². The molecule has 0 spiro atoms. The van der Waals surface area contributed by atoms with Crippen molar-refractivity contribution < 1.29 is 17.9 Å². The van der Waals surface area contributed by atoms with Crippen LogP contribution in [0.3, 0.4) is 0 Å². The van der Waals surface area contributed by atoms with Crippen LogP contribution in [-0.2, 0) is 21.2 Å². The van der Waals surface area contributed by atoms with Crippen molar-refractivity contribution in [1.82, 2.24) is 4.72 Å². The molecule has 0 radical (unpaired) electrons. The zero-order valence-corrected chi connectivity index (χ0v) is 11.6. The summed E-state index contributed by atoms with van der Waals surface area (Å²) in [5, 5.41) is 0.488. The summed E-state index contributed by atoms with van der Waals surface area (Å²) in [5.41, 5.74) is 0.847. The number of carbonyl (C=O) groups is 1. The summed E-state index contributed by atoms with van der Waals surface area (Å²) in [6.45, 7) is 0. The van der Waals surface area contributed by atoms with Gasteiger partial charge in [-0.05, 0) is 24.1 Å². The van der Waals surface area contributed by atoms with Gasteiger partial charge in [-0.1, -0.05) is 17.7 Å². The second kappa shape index (κ2) is 6.06. The van der Waals surface area contributed by atoms with Crippen LogP contribution >= 0.6 is 11.6 Å². The fourth-order valence-corrected chi connectivity index (χ4v) is 2.09. The first kappa shape index (κ1) is 14.8. The smallest absolute Gasteiger partial charge is 0.233 e.